The highest BCUT2D eigenvalue weighted by Crippen LogP contribution is 2.42. The van der Waals surface area contributed by atoms with E-state index in [1.807, 2.05) is 44.2 Å². The molecule has 2 saturated carbocycles. The smallest absolute Gasteiger partial charge is 0.309 e. The number of para-hydroxylation sites is 1. The quantitative estimate of drug-likeness (QED) is 0.0689. The SMILES string of the molecule is CC.CCC(C)(C)C(C(=O)c1ccc2c(c1)Cc1ccccc1O2)[S+]1CCOCC1.O=C(OCC(F)C(F)(P)S)C(C1CCCCC1)C1CCCCC1. The summed E-state index contributed by atoms with van der Waals surface area (Å²) in [6.45, 7) is 11.7. The molecule has 0 aromatic heterocycles. The van der Waals surface area contributed by atoms with Crippen LogP contribution in [0.3, 0.4) is 0 Å². The number of carbonyl (C=O) groups excluding carboxylic acids is 2. The molecule has 0 radical (unpaired) electrons. The highest BCUT2D eigenvalue weighted by Gasteiger charge is 2.48. The average molecular weight is 794 g/mol. The van der Waals surface area contributed by atoms with Crippen LogP contribution in [0.4, 0.5) is 8.78 Å². The third kappa shape index (κ3) is 12.2. The molecule has 2 aliphatic heterocycles. The van der Waals surface area contributed by atoms with Gasteiger partial charge in [-0.2, -0.15) is 0 Å². The van der Waals surface area contributed by atoms with Crippen LogP contribution in [0, 0.1) is 23.2 Å². The Balaban J connectivity index is 0.000000231. The number of carbonyl (C=O) groups is 2. The van der Waals surface area contributed by atoms with Gasteiger partial charge in [0.2, 0.25) is 5.78 Å². The number of ketones is 1. The summed E-state index contributed by atoms with van der Waals surface area (Å²) in [4.78, 5) is 26.3. The van der Waals surface area contributed by atoms with Crippen LogP contribution in [0.25, 0.3) is 0 Å². The van der Waals surface area contributed by atoms with Gasteiger partial charge in [-0.05, 0) is 73.8 Å². The van der Waals surface area contributed by atoms with Crippen molar-refractivity contribution >= 4 is 44.5 Å². The molecular formula is C43H64F2O5PS2+. The topological polar surface area (TPSA) is 61.8 Å². The van der Waals surface area contributed by atoms with Crippen molar-refractivity contribution in [2.75, 3.05) is 31.3 Å². The lowest BCUT2D eigenvalue weighted by atomic mass is 9.69. The summed E-state index contributed by atoms with van der Waals surface area (Å²) in [5.41, 5.74) is 3.09. The van der Waals surface area contributed by atoms with E-state index < -0.39 is 17.5 Å². The molecule has 5 nitrogen and oxygen atoms in total. The molecule has 1 saturated heterocycles. The van der Waals surface area contributed by atoms with Crippen LogP contribution in [0.2, 0.25) is 0 Å². The van der Waals surface area contributed by atoms with Crippen molar-refractivity contribution in [1.29, 1.82) is 0 Å². The van der Waals surface area contributed by atoms with Gasteiger partial charge in [-0.25, -0.2) is 8.78 Å². The first kappa shape index (κ1) is 44.0. The molecule has 53 heavy (non-hydrogen) atoms. The Hall–Kier alpha value is -1.67. The van der Waals surface area contributed by atoms with E-state index in [9.17, 15) is 18.4 Å². The van der Waals surface area contributed by atoms with Crippen molar-refractivity contribution in [1.82, 2.24) is 0 Å². The number of hydrogen-bond donors (Lipinski definition) is 1. The second kappa shape index (κ2) is 21.0. The first-order chi connectivity index (χ1) is 25.4. The third-order valence-electron chi connectivity index (χ3n) is 11.5. The van der Waals surface area contributed by atoms with Gasteiger partial charge in [0.05, 0.1) is 19.1 Å². The Morgan fingerprint density at radius 1 is 0.925 bits per heavy atom. The molecule has 3 fully saturated rings. The number of thiol groups is 1. The molecule has 2 aromatic rings. The van der Waals surface area contributed by atoms with Gasteiger partial charge in [-0.15, -0.1) is 12.6 Å². The van der Waals surface area contributed by atoms with Crippen molar-refractivity contribution < 1.29 is 32.6 Å². The van der Waals surface area contributed by atoms with Crippen molar-refractivity contribution in [2.24, 2.45) is 23.2 Å². The van der Waals surface area contributed by atoms with Crippen LogP contribution < -0.4 is 4.74 Å². The number of hydrogen-bond acceptors (Lipinski definition) is 6. The summed E-state index contributed by atoms with van der Waals surface area (Å²) in [6.07, 6.45) is 11.2. The van der Waals surface area contributed by atoms with Crippen LogP contribution in [0.15, 0.2) is 42.5 Å². The van der Waals surface area contributed by atoms with Gasteiger partial charge in [-0.1, -0.05) is 101 Å². The summed E-state index contributed by atoms with van der Waals surface area (Å²) in [5, 5.41) is 0.0521. The molecule has 4 aliphatic rings. The first-order valence-corrected chi connectivity index (χ1v) is 22.7. The van der Waals surface area contributed by atoms with Crippen molar-refractivity contribution in [3.8, 4) is 11.5 Å². The molecule has 10 heteroatoms. The van der Waals surface area contributed by atoms with Crippen molar-refractivity contribution in [3.05, 3.63) is 59.2 Å². The lowest BCUT2D eigenvalue weighted by Gasteiger charge is -2.36. The number of ether oxygens (including phenoxy) is 3. The van der Waals surface area contributed by atoms with Gasteiger partial charge in [0.15, 0.2) is 16.2 Å². The molecule has 2 heterocycles. The van der Waals surface area contributed by atoms with E-state index in [1.54, 1.807) is 9.24 Å². The van der Waals surface area contributed by atoms with E-state index in [0.29, 0.717) is 17.6 Å². The summed E-state index contributed by atoms with van der Waals surface area (Å²) < 4.78 is 41.5. The standard InChI is InChI=1S/C24H29O3S.C17H29F2O2PS.C2H6/c1-4-24(2,3)23(28-13-11-26-12-14-28)22(25)18-9-10-21-19(16-18)15-17-7-5-6-8-20(17)27-21;18-14(17(19,22)23)11-21-16(20)15(12-7-3-1-4-8-12)13-9-5-2-6-10-13;1-2/h5-10,16,23H,4,11-15H2,1-3H3;12-15,23H,1-11,22H2;1-2H3/q+1;;. The van der Waals surface area contributed by atoms with E-state index in [0.717, 1.165) is 112 Å². The fourth-order valence-electron chi connectivity index (χ4n) is 8.23. The van der Waals surface area contributed by atoms with E-state index >= 15 is 0 Å². The number of rotatable bonds is 11. The van der Waals surface area contributed by atoms with Crippen LogP contribution in [-0.2, 0) is 31.6 Å². The van der Waals surface area contributed by atoms with Crippen molar-refractivity contribution in [3.63, 3.8) is 0 Å². The molecule has 4 atom stereocenters. The van der Waals surface area contributed by atoms with Crippen LogP contribution >= 0.6 is 21.9 Å². The van der Waals surface area contributed by atoms with E-state index in [-0.39, 0.29) is 33.4 Å². The maximum Gasteiger partial charge on any atom is 0.309 e. The average Bonchev–Trinajstić information content (AvgIpc) is 3.18. The maximum atomic E-state index is 13.7. The summed E-state index contributed by atoms with van der Waals surface area (Å²) >= 11 is 3.54. The summed E-state index contributed by atoms with van der Waals surface area (Å²) in [6, 6.07) is 14.1. The Labute approximate surface area is 328 Å². The second-order valence-corrected chi connectivity index (χ2v) is 19.9. The van der Waals surface area contributed by atoms with Crippen LogP contribution in [0.1, 0.15) is 127 Å². The third-order valence-corrected chi connectivity index (χ3v) is 15.0. The van der Waals surface area contributed by atoms with Gasteiger partial charge in [0.1, 0.15) is 29.6 Å². The lowest BCUT2D eigenvalue weighted by molar-refractivity contribution is -0.156. The van der Waals surface area contributed by atoms with Crippen LogP contribution in [-0.4, -0.2) is 59.2 Å². The molecule has 0 bridgehead atoms. The van der Waals surface area contributed by atoms with Gasteiger partial charge in [0.25, 0.3) is 0 Å². The minimum Gasteiger partial charge on any atom is -0.462 e. The largest absolute Gasteiger partial charge is 0.462 e. The second-order valence-electron chi connectivity index (χ2n) is 15.5. The highest BCUT2D eigenvalue weighted by atomic mass is 32.2. The lowest BCUT2D eigenvalue weighted by Crippen LogP contribution is -2.48. The minimum absolute atomic E-state index is 0.0173. The Morgan fingerprint density at radius 3 is 2.06 bits per heavy atom. The number of benzene rings is 2. The number of alkyl halides is 2. The molecular weight excluding hydrogens is 730 g/mol. The van der Waals surface area contributed by atoms with Crippen LogP contribution in [0.5, 0.6) is 11.5 Å². The molecule has 2 aromatic carbocycles. The van der Waals surface area contributed by atoms with E-state index in [1.165, 1.54) is 18.4 Å². The molecule has 2 aliphatic carbocycles. The fourth-order valence-corrected chi connectivity index (χ4v) is 11.3. The van der Waals surface area contributed by atoms with Gasteiger partial charge >= 0.3 is 5.97 Å². The Kier molecular flexibility index (Phi) is 17.5. The summed E-state index contributed by atoms with van der Waals surface area (Å²) in [5.74, 6) is 4.31. The zero-order chi connectivity index (χ0) is 38.6. The predicted octanol–water partition coefficient (Wildman–Crippen LogP) is 11.1. The molecule has 0 N–H and O–H groups in total. The fraction of sp³-hybridized carbons (Fsp3) is 0.674. The van der Waals surface area contributed by atoms with E-state index in [4.69, 9.17) is 14.2 Å². The normalized spacial score (nSPS) is 20.5. The predicted molar refractivity (Wildman–Crippen MR) is 222 cm³/mol. The van der Waals surface area contributed by atoms with Gasteiger partial charge in [-0.3, -0.25) is 9.59 Å². The first-order valence-electron chi connectivity index (χ1n) is 20.1. The van der Waals surface area contributed by atoms with Gasteiger partial charge in [0, 0.05) is 33.9 Å². The molecule has 296 valence electrons. The highest BCUT2D eigenvalue weighted by molar-refractivity contribution is 7.98. The molecule has 0 amide bonds. The number of esters is 1. The van der Waals surface area contributed by atoms with Gasteiger partial charge < -0.3 is 14.2 Å². The molecule has 6 rings (SSSR count). The van der Waals surface area contributed by atoms with Crippen molar-refractivity contribution in [2.45, 2.75) is 128 Å². The minimum atomic E-state index is -2.36. The zero-order valence-electron chi connectivity index (χ0n) is 32.7. The molecule has 4 unspecified atom stereocenters. The number of fused-ring (bicyclic) bond motifs is 2. The Morgan fingerprint density at radius 2 is 1.49 bits per heavy atom. The summed E-state index contributed by atoms with van der Waals surface area (Å²) in [7, 11) is 1.78. The Bertz CT molecular complexity index is 1430. The van der Waals surface area contributed by atoms with E-state index in [2.05, 4.69) is 45.5 Å². The molecule has 0 spiro atoms. The maximum absolute atomic E-state index is 13.7. The number of halogens is 2. The zero-order valence-corrected chi connectivity index (χ0v) is 35.5. The number of Topliss-reactive ketones (excluding diaryl/α,β-unsaturated/α-hetero) is 1. The monoisotopic (exact) mass is 793 g/mol.